The Kier molecular flexibility index (Phi) is 8.28. The van der Waals surface area contributed by atoms with E-state index in [0.29, 0.717) is 31.9 Å². The highest BCUT2D eigenvalue weighted by atomic mass is 35.5. The van der Waals surface area contributed by atoms with Crippen LogP contribution in [0.3, 0.4) is 0 Å². The van der Waals surface area contributed by atoms with Crippen LogP contribution in [0.15, 0.2) is 72.8 Å². The summed E-state index contributed by atoms with van der Waals surface area (Å²) in [6, 6.07) is 19.5. The van der Waals surface area contributed by atoms with Gasteiger partial charge < -0.3 is 10.1 Å². The van der Waals surface area contributed by atoms with Crippen LogP contribution >= 0.6 is 34.8 Å². The van der Waals surface area contributed by atoms with Crippen molar-refractivity contribution >= 4 is 58.1 Å². The third kappa shape index (κ3) is 6.82. The summed E-state index contributed by atoms with van der Waals surface area (Å²) in [5.74, 6) is -1.49. The van der Waals surface area contributed by atoms with Crippen LogP contribution in [0.25, 0.3) is 0 Å². The Morgan fingerprint density at radius 3 is 2.03 bits per heavy atom. The third-order valence-electron chi connectivity index (χ3n) is 4.44. The lowest BCUT2D eigenvalue weighted by molar-refractivity contribution is -0.154. The van der Waals surface area contributed by atoms with Gasteiger partial charge in [-0.3, -0.25) is 14.4 Å². The second kappa shape index (κ2) is 11.1. The zero-order valence-electron chi connectivity index (χ0n) is 16.7. The average Bonchev–Trinajstić information content (AvgIpc) is 2.76. The number of anilines is 1. The molecule has 0 fully saturated rings. The van der Waals surface area contributed by atoms with Gasteiger partial charge in [-0.2, -0.15) is 0 Å². The predicted octanol–water partition coefficient (Wildman–Crippen LogP) is 6.53. The highest BCUT2D eigenvalue weighted by Gasteiger charge is 2.25. The number of Topliss-reactive ketones (excluding diaryl/α,β-unsaturated/α-hetero) is 1. The molecule has 164 valence electrons. The van der Waals surface area contributed by atoms with Gasteiger partial charge >= 0.3 is 5.97 Å². The molecule has 0 spiro atoms. The Morgan fingerprint density at radius 1 is 0.781 bits per heavy atom. The number of amides is 1. The predicted molar refractivity (Wildman–Crippen MR) is 125 cm³/mol. The number of carbonyl (C=O) groups is 3. The van der Waals surface area contributed by atoms with Crippen molar-refractivity contribution in [2.24, 2.45) is 0 Å². The van der Waals surface area contributed by atoms with Gasteiger partial charge in [0.15, 0.2) is 5.78 Å². The molecule has 3 aromatic carbocycles. The maximum absolute atomic E-state index is 12.9. The molecule has 0 aliphatic rings. The number of carbonyl (C=O) groups excluding carboxylic acids is 3. The molecule has 0 saturated heterocycles. The Hall–Kier alpha value is -2.86. The van der Waals surface area contributed by atoms with Gasteiger partial charge in [-0.15, -0.1) is 0 Å². The minimum atomic E-state index is -1.22. The number of benzene rings is 3. The number of nitrogens with one attached hydrogen (secondary N) is 1. The summed E-state index contributed by atoms with van der Waals surface area (Å²) in [5.41, 5.74) is 1.29. The van der Waals surface area contributed by atoms with E-state index in [1.54, 1.807) is 54.6 Å². The van der Waals surface area contributed by atoms with E-state index in [1.165, 1.54) is 18.2 Å². The highest BCUT2D eigenvalue weighted by molar-refractivity contribution is 6.35. The molecule has 1 N–H and O–H groups in total. The first-order valence-corrected chi connectivity index (χ1v) is 10.8. The molecule has 5 nitrogen and oxygen atoms in total. The zero-order valence-corrected chi connectivity index (χ0v) is 19.0. The Balaban J connectivity index is 1.68. The molecule has 0 aliphatic carbocycles. The highest BCUT2D eigenvalue weighted by Crippen LogP contribution is 2.25. The van der Waals surface area contributed by atoms with E-state index in [-0.39, 0.29) is 18.6 Å². The molecule has 1 amide bonds. The number of halogens is 3. The van der Waals surface area contributed by atoms with E-state index >= 15 is 0 Å². The van der Waals surface area contributed by atoms with Crippen LogP contribution < -0.4 is 5.32 Å². The lowest BCUT2D eigenvalue weighted by atomic mass is 10.1. The standard InChI is InChI=1S/C24H18Cl3NO4/c25-17-8-6-15(7-9-17)21(29)10-11-22(30)32-23(16-4-2-1-3-5-16)24(31)28-20-13-18(26)12-19(27)14-20/h1-9,12-14,23H,10-11H2,(H,28,31)/t23-/m0/s1. The number of rotatable bonds is 8. The Morgan fingerprint density at radius 2 is 1.41 bits per heavy atom. The maximum Gasteiger partial charge on any atom is 0.307 e. The average molecular weight is 491 g/mol. The van der Waals surface area contributed by atoms with Crippen LogP contribution in [0.5, 0.6) is 0 Å². The van der Waals surface area contributed by atoms with Crippen molar-refractivity contribution in [2.75, 3.05) is 5.32 Å². The van der Waals surface area contributed by atoms with Crippen LogP contribution in [0.1, 0.15) is 34.9 Å². The molecule has 0 aromatic heterocycles. The number of esters is 1. The van der Waals surface area contributed by atoms with Crippen molar-refractivity contribution in [3.05, 3.63) is 99.0 Å². The fourth-order valence-corrected chi connectivity index (χ4v) is 3.57. The molecule has 0 unspecified atom stereocenters. The van der Waals surface area contributed by atoms with E-state index in [0.717, 1.165) is 0 Å². The Labute approximate surface area is 200 Å². The number of hydrogen-bond acceptors (Lipinski definition) is 4. The topological polar surface area (TPSA) is 72.5 Å². The minimum absolute atomic E-state index is 0.0620. The van der Waals surface area contributed by atoms with Crippen molar-refractivity contribution in [1.29, 1.82) is 0 Å². The first-order chi connectivity index (χ1) is 15.3. The molecule has 0 heterocycles. The van der Waals surface area contributed by atoms with Crippen LogP contribution in [0, 0.1) is 0 Å². The number of hydrogen-bond donors (Lipinski definition) is 1. The van der Waals surface area contributed by atoms with Gasteiger partial charge in [0.2, 0.25) is 6.10 Å². The second-order valence-electron chi connectivity index (χ2n) is 6.86. The molecule has 0 radical (unpaired) electrons. The largest absolute Gasteiger partial charge is 0.447 e. The van der Waals surface area contributed by atoms with E-state index in [2.05, 4.69) is 5.32 Å². The van der Waals surface area contributed by atoms with Crippen LogP contribution in [0.2, 0.25) is 15.1 Å². The number of ketones is 1. The summed E-state index contributed by atoms with van der Waals surface area (Å²) in [6.45, 7) is 0. The number of ether oxygens (including phenoxy) is 1. The van der Waals surface area contributed by atoms with E-state index in [1.807, 2.05) is 0 Å². The summed E-state index contributed by atoms with van der Waals surface area (Å²) < 4.78 is 5.45. The van der Waals surface area contributed by atoms with Crippen molar-refractivity contribution in [1.82, 2.24) is 0 Å². The van der Waals surface area contributed by atoms with Crippen molar-refractivity contribution < 1.29 is 19.1 Å². The molecule has 32 heavy (non-hydrogen) atoms. The van der Waals surface area contributed by atoms with Gasteiger partial charge in [0, 0.05) is 38.3 Å². The fourth-order valence-electron chi connectivity index (χ4n) is 2.92. The molecular weight excluding hydrogens is 473 g/mol. The van der Waals surface area contributed by atoms with Gasteiger partial charge in [0.25, 0.3) is 5.91 Å². The lowest BCUT2D eigenvalue weighted by Crippen LogP contribution is -2.26. The molecule has 1 atom stereocenters. The van der Waals surface area contributed by atoms with Crippen molar-refractivity contribution in [2.45, 2.75) is 18.9 Å². The molecule has 3 aromatic rings. The second-order valence-corrected chi connectivity index (χ2v) is 8.17. The monoisotopic (exact) mass is 489 g/mol. The van der Waals surface area contributed by atoms with Gasteiger partial charge in [-0.05, 0) is 42.5 Å². The summed E-state index contributed by atoms with van der Waals surface area (Å²) >= 11 is 17.8. The van der Waals surface area contributed by atoms with E-state index in [9.17, 15) is 14.4 Å². The molecule has 3 rings (SSSR count). The summed E-state index contributed by atoms with van der Waals surface area (Å²) in [5, 5.41) is 3.87. The molecule has 8 heteroatoms. The minimum Gasteiger partial charge on any atom is -0.447 e. The molecule has 0 saturated carbocycles. The normalized spacial score (nSPS) is 11.5. The van der Waals surface area contributed by atoms with Gasteiger partial charge in [-0.25, -0.2) is 0 Å². The van der Waals surface area contributed by atoms with Gasteiger partial charge in [0.1, 0.15) is 0 Å². The van der Waals surface area contributed by atoms with Crippen molar-refractivity contribution in [3.8, 4) is 0 Å². The van der Waals surface area contributed by atoms with E-state index < -0.39 is 18.0 Å². The van der Waals surface area contributed by atoms with Gasteiger partial charge in [-0.1, -0.05) is 65.1 Å². The van der Waals surface area contributed by atoms with Crippen molar-refractivity contribution in [3.63, 3.8) is 0 Å². The molecular formula is C24H18Cl3NO4. The molecule has 0 aliphatic heterocycles. The zero-order chi connectivity index (χ0) is 23.1. The van der Waals surface area contributed by atoms with Crippen LogP contribution in [-0.4, -0.2) is 17.7 Å². The quantitative estimate of drug-likeness (QED) is 0.288. The van der Waals surface area contributed by atoms with Crippen LogP contribution in [0.4, 0.5) is 5.69 Å². The first-order valence-electron chi connectivity index (χ1n) is 9.62. The van der Waals surface area contributed by atoms with Crippen LogP contribution in [-0.2, 0) is 14.3 Å². The SMILES string of the molecule is O=C(CCC(=O)c1ccc(Cl)cc1)O[C@H](C(=O)Nc1cc(Cl)cc(Cl)c1)c1ccccc1. The first kappa shape index (κ1) is 23.8. The lowest BCUT2D eigenvalue weighted by Gasteiger charge is -2.18. The van der Waals surface area contributed by atoms with Gasteiger partial charge in [0.05, 0.1) is 6.42 Å². The summed E-state index contributed by atoms with van der Waals surface area (Å²) in [4.78, 5) is 37.7. The smallest absolute Gasteiger partial charge is 0.307 e. The molecule has 0 bridgehead atoms. The maximum atomic E-state index is 12.9. The summed E-state index contributed by atoms with van der Waals surface area (Å²) in [7, 11) is 0. The van der Waals surface area contributed by atoms with E-state index in [4.69, 9.17) is 39.5 Å². The summed E-state index contributed by atoms with van der Waals surface area (Å²) in [6.07, 6.45) is -1.46. The fraction of sp³-hybridized carbons (Fsp3) is 0.125. The third-order valence-corrected chi connectivity index (χ3v) is 5.13. The Bertz CT molecular complexity index is 1100.